The Balaban J connectivity index is 1.66. The Morgan fingerprint density at radius 1 is 0.857 bits per heavy atom. The van der Waals surface area contributed by atoms with Crippen LogP contribution in [0, 0.1) is 0 Å². The summed E-state index contributed by atoms with van der Waals surface area (Å²) >= 11 is 0. The van der Waals surface area contributed by atoms with Crippen LogP contribution in [0.3, 0.4) is 0 Å². The first-order valence-corrected chi connectivity index (χ1v) is 7.34. The van der Waals surface area contributed by atoms with Gasteiger partial charge in [0, 0.05) is 13.7 Å². The molecule has 0 fully saturated rings. The highest BCUT2D eigenvalue weighted by Gasteiger charge is 1.96. The molecule has 0 bridgehead atoms. The fourth-order valence-electron chi connectivity index (χ4n) is 2.06. The Morgan fingerprint density at radius 3 is 2.33 bits per heavy atom. The second kappa shape index (κ2) is 9.16. The monoisotopic (exact) mass is 285 g/mol. The first-order chi connectivity index (χ1) is 10.4. The van der Waals surface area contributed by atoms with Crippen molar-refractivity contribution in [1.82, 2.24) is 5.32 Å². The Hall–Kier alpha value is -1.84. The summed E-state index contributed by atoms with van der Waals surface area (Å²) in [5.74, 6) is 0.889. The summed E-state index contributed by atoms with van der Waals surface area (Å²) in [6, 6.07) is 18.7. The first-order valence-electron chi connectivity index (χ1n) is 7.34. The quantitative estimate of drug-likeness (QED) is 0.718. The smallest absolute Gasteiger partial charge is 0.119 e. The van der Waals surface area contributed by atoms with Gasteiger partial charge in [-0.2, -0.15) is 0 Å². The molecule has 0 aliphatic carbocycles. The largest absolute Gasteiger partial charge is 0.491 e. The zero-order valence-corrected chi connectivity index (χ0v) is 12.5. The standard InChI is InChI=1S/C18H23NO2/c1-20-13-14-21-18-9-7-17(8-10-18)15-19-12-11-16-5-3-2-4-6-16/h2-10,19H,11-15H2,1H3. The van der Waals surface area contributed by atoms with Crippen molar-refractivity contribution >= 4 is 0 Å². The molecule has 0 radical (unpaired) electrons. The molecule has 0 aliphatic rings. The summed E-state index contributed by atoms with van der Waals surface area (Å²) in [4.78, 5) is 0. The zero-order chi connectivity index (χ0) is 14.8. The summed E-state index contributed by atoms with van der Waals surface area (Å²) in [5.41, 5.74) is 2.63. The van der Waals surface area contributed by atoms with Crippen LogP contribution in [-0.4, -0.2) is 26.9 Å². The number of rotatable bonds is 9. The van der Waals surface area contributed by atoms with Crippen LogP contribution < -0.4 is 10.1 Å². The van der Waals surface area contributed by atoms with E-state index in [9.17, 15) is 0 Å². The van der Waals surface area contributed by atoms with Crippen molar-refractivity contribution in [2.45, 2.75) is 13.0 Å². The lowest BCUT2D eigenvalue weighted by atomic mass is 10.1. The molecular formula is C18H23NO2. The van der Waals surface area contributed by atoms with Crippen molar-refractivity contribution < 1.29 is 9.47 Å². The van der Waals surface area contributed by atoms with E-state index >= 15 is 0 Å². The number of ether oxygens (including phenoxy) is 2. The average Bonchev–Trinajstić information content (AvgIpc) is 2.54. The zero-order valence-electron chi connectivity index (χ0n) is 12.5. The highest BCUT2D eigenvalue weighted by atomic mass is 16.5. The maximum atomic E-state index is 5.54. The van der Waals surface area contributed by atoms with Gasteiger partial charge in [0.15, 0.2) is 0 Å². The minimum atomic E-state index is 0.588. The molecule has 0 saturated carbocycles. The maximum Gasteiger partial charge on any atom is 0.119 e. The molecule has 0 aromatic heterocycles. The molecule has 3 nitrogen and oxygen atoms in total. The summed E-state index contributed by atoms with van der Waals surface area (Å²) < 4.78 is 10.5. The fourth-order valence-corrected chi connectivity index (χ4v) is 2.06. The number of methoxy groups -OCH3 is 1. The van der Waals surface area contributed by atoms with Crippen LogP contribution in [0.25, 0.3) is 0 Å². The van der Waals surface area contributed by atoms with Crippen molar-refractivity contribution in [3.63, 3.8) is 0 Å². The third-order valence-corrected chi connectivity index (χ3v) is 3.24. The average molecular weight is 285 g/mol. The van der Waals surface area contributed by atoms with Gasteiger partial charge in [-0.1, -0.05) is 42.5 Å². The molecule has 0 saturated heterocycles. The van der Waals surface area contributed by atoms with Crippen molar-refractivity contribution in [2.75, 3.05) is 26.9 Å². The van der Waals surface area contributed by atoms with Gasteiger partial charge in [-0.3, -0.25) is 0 Å². The minimum absolute atomic E-state index is 0.588. The summed E-state index contributed by atoms with van der Waals surface area (Å²) in [6.07, 6.45) is 1.05. The highest BCUT2D eigenvalue weighted by Crippen LogP contribution is 2.12. The van der Waals surface area contributed by atoms with Gasteiger partial charge < -0.3 is 14.8 Å². The van der Waals surface area contributed by atoms with E-state index in [-0.39, 0.29) is 0 Å². The molecule has 0 spiro atoms. The summed E-state index contributed by atoms with van der Waals surface area (Å²) in [5, 5.41) is 3.46. The topological polar surface area (TPSA) is 30.5 Å². The van der Waals surface area contributed by atoms with Crippen LogP contribution in [-0.2, 0) is 17.7 Å². The van der Waals surface area contributed by atoms with E-state index in [2.05, 4.69) is 41.7 Å². The number of hydrogen-bond acceptors (Lipinski definition) is 3. The van der Waals surface area contributed by atoms with E-state index in [0.29, 0.717) is 13.2 Å². The molecule has 2 aromatic rings. The van der Waals surface area contributed by atoms with Gasteiger partial charge in [0.1, 0.15) is 12.4 Å². The van der Waals surface area contributed by atoms with Crippen LogP contribution in [0.2, 0.25) is 0 Å². The Bertz CT molecular complexity index is 496. The van der Waals surface area contributed by atoms with Crippen molar-refractivity contribution in [1.29, 1.82) is 0 Å². The summed E-state index contributed by atoms with van der Waals surface area (Å²) in [7, 11) is 1.67. The normalized spacial score (nSPS) is 10.5. The minimum Gasteiger partial charge on any atom is -0.491 e. The van der Waals surface area contributed by atoms with E-state index in [4.69, 9.17) is 9.47 Å². The van der Waals surface area contributed by atoms with Gasteiger partial charge in [0.05, 0.1) is 6.61 Å². The molecule has 0 amide bonds. The lowest BCUT2D eigenvalue weighted by molar-refractivity contribution is 0.146. The van der Waals surface area contributed by atoms with E-state index in [0.717, 1.165) is 25.3 Å². The molecule has 1 N–H and O–H groups in total. The van der Waals surface area contributed by atoms with Gasteiger partial charge in [-0.05, 0) is 36.2 Å². The number of nitrogens with one attached hydrogen (secondary N) is 1. The van der Waals surface area contributed by atoms with Crippen molar-refractivity contribution in [3.05, 3.63) is 65.7 Å². The maximum absolute atomic E-state index is 5.54. The number of benzene rings is 2. The number of hydrogen-bond donors (Lipinski definition) is 1. The van der Waals surface area contributed by atoms with E-state index in [1.165, 1.54) is 11.1 Å². The van der Waals surface area contributed by atoms with Gasteiger partial charge in [0.2, 0.25) is 0 Å². The Morgan fingerprint density at radius 2 is 1.62 bits per heavy atom. The Labute approximate surface area is 126 Å². The SMILES string of the molecule is COCCOc1ccc(CNCCc2ccccc2)cc1. The molecule has 0 aliphatic heterocycles. The van der Waals surface area contributed by atoms with E-state index in [1.807, 2.05) is 18.2 Å². The van der Waals surface area contributed by atoms with Crippen molar-refractivity contribution in [3.8, 4) is 5.75 Å². The highest BCUT2D eigenvalue weighted by molar-refractivity contribution is 5.27. The van der Waals surface area contributed by atoms with Crippen LogP contribution in [0.5, 0.6) is 5.75 Å². The van der Waals surface area contributed by atoms with Crippen LogP contribution in [0.1, 0.15) is 11.1 Å². The molecule has 2 aromatic carbocycles. The van der Waals surface area contributed by atoms with Gasteiger partial charge in [0.25, 0.3) is 0 Å². The van der Waals surface area contributed by atoms with Gasteiger partial charge in [-0.15, -0.1) is 0 Å². The molecule has 112 valence electrons. The predicted molar refractivity (Wildman–Crippen MR) is 85.7 cm³/mol. The third kappa shape index (κ3) is 5.98. The third-order valence-electron chi connectivity index (χ3n) is 3.24. The van der Waals surface area contributed by atoms with Crippen LogP contribution >= 0.6 is 0 Å². The molecular weight excluding hydrogens is 262 g/mol. The molecule has 3 heteroatoms. The lowest BCUT2D eigenvalue weighted by Gasteiger charge is -2.08. The second-order valence-electron chi connectivity index (χ2n) is 4.90. The van der Waals surface area contributed by atoms with Crippen LogP contribution in [0.15, 0.2) is 54.6 Å². The fraction of sp³-hybridized carbons (Fsp3) is 0.333. The Kier molecular flexibility index (Phi) is 6.78. The first kappa shape index (κ1) is 15.5. The second-order valence-corrected chi connectivity index (χ2v) is 4.90. The lowest BCUT2D eigenvalue weighted by Crippen LogP contribution is -2.16. The molecule has 2 rings (SSSR count). The molecule has 0 atom stereocenters. The molecule has 0 heterocycles. The van der Waals surface area contributed by atoms with E-state index in [1.54, 1.807) is 7.11 Å². The van der Waals surface area contributed by atoms with Crippen molar-refractivity contribution in [2.24, 2.45) is 0 Å². The van der Waals surface area contributed by atoms with Gasteiger partial charge >= 0.3 is 0 Å². The molecule has 21 heavy (non-hydrogen) atoms. The predicted octanol–water partition coefficient (Wildman–Crippen LogP) is 3.04. The van der Waals surface area contributed by atoms with Crippen LogP contribution in [0.4, 0.5) is 0 Å². The summed E-state index contributed by atoms with van der Waals surface area (Å²) in [6.45, 7) is 3.06. The van der Waals surface area contributed by atoms with Gasteiger partial charge in [-0.25, -0.2) is 0 Å². The molecule has 0 unspecified atom stereocenters. The van der Waals surface area contributed by atoms with E-state index < -0.39 is 0 Å².